The van der Waals surface area contributed by atoms with Crippen LogP contribution in [0.25, 0.3) is 0 Å². The molecule has 5 nitrogen and oxygen atoms in total. The van der Waals surface area contributed by atoms with Crippen LogP contribution >= 0.6 is 11.3 Å². The monoisotopic (exact) mass is 312 g/mol. The van der Waals surface area contributed by atoms with Crippen molar-refractivity contribution in [1.82, 2.24) is 0 Å². The number of hydrogen-bond donors (Lipinski definition) is 2. The molecule has 1 atom stereocenters. The lowest BCUT2D eigenvalue weighted by atomic mass is 10.1. The molecule has 0 aliphatic carbocycles. The molecule has 1 unspecified atom stereocenters. The van der Waals surface area contributed by atoms with Crippen molar-refractivity contribution in [3.8, 4) is 0 Å². The van der Waals surface area contributed by atoms with E-state index in [2.05, 4.69) is 5.32 Å². The number of anilines is 1. The lowest BCUT2D eigenvalue weighted by Crippen LogP contribution is -2.17. The zero-order chi connectivity index (χ0) is 15.8. The summed E-state index contributed by atoms with van der Waals surface area (Å²) in [6.45, 7) is 6.67. The average Bonchev–Trinajstić information content (AvgIpc) is 2.88. The van der Waals surface area contributed by atoms with Crippen molar-refractivity contribution in [2.24, 2.45) is 11.7 Å². The Balaban J connectivity index is 2.74. The lowest BCUT2D eigenvalue weighted by molar-refractivity contribution is -0.116. The summed E-state index contributed by atoms with van der Waals surface area (Å²) >= 11 is 1.42. The summed E-state index contributed by atoms with van der Waals surface area (Å²) in [6.07, 6.45) is 1.96. The summed E-state index contributed by atoms with van der Waals surface area (Å²) in [5, 5.41) is 3.40. The molecule has 0 spiro atoms. The first-order valence-corrected chi connectivity index (χ1v) is 8.13. The Morgan fingerprint density at radius 3 is 2.71 bits per heavy atom. The van der Waals surface area contributed by atoms with E-state index in [1.165, 1.54) is 11.3 Å². The van der Waals surface area contributed by atoms with E-state index in [4.69, 9.17) is 10.5 Å². The normalized spacial score (nSPS) is 12.0. The van der Waals surface area contributed by atoms with Crippen LogP contribution in [0.2, 0.25) is 0 Å². The Labute approximate surface area is 129 Å². The van der Waals surface area contributed by atoms with Gasteiger partial charge in [0.15, 0.2) is 0 Å². The molecule has 1 amide bonds. The second-order valence-corrected chi connectivity index (χ2v) is 6.09. The maximum atomic E-state index is 12.0. The fourth-order valence-electron chi connectivity index (χ4n) is 1.75. The Hall–Kier alpha value is -1.40. The molecule has 0 radical (unpaired) electrons. The van der Waals surface area contributed by atoms with Gasteiger partial charge in [0.2, 0.25) is 5.91 Å². The Kier molecular flexibility index (Phi) is 7.39. The quantitative estimate of drug-likeness (QED) is 0.723. The van der Waals surface area contributed by atoms with Gasteiger partial charge in [-0.3, -0.25) is 4.79 Å². The maximum Gasteiger partial charge on any atom is 0.341 e. The largest absolute Gasteiger partial charge is 0.462 e. The van der Waals surface area contributed by atoms with E-state index >= 15 is 0 Å². The third-order valence-corrected chi connectivity index (χ3v) is 4.34. The second kappa shape index (κ2) is 8.79. The molecule has 0 aliphatic heterocycles. The van der Waals surface area contributed by atoms with E-state index in [9.17, 15) is 9.59 Å². The molecule has 1 aromatic heterocycles. The van der Waals surface area contributed by atoms with Gasteiger partial charge >= 0.3 is 5.97 Å². The van der Waals surface area contributed by atoms with E-state index in [0.29, 0.717) is 36.1 Å². The average molecular weight is 312 g/mol. The number of carbonyl (C=O) groups is 2. The van der Waals surface area contributed by atoms with Crippen LogP contribution < -0.4 is 11.1 Å². The van der Waals surface area contributed by atoms with Gasteiger partial charge in [0.25, 0.3) is 0 Å². The van der Waals surface area contributed by atoms with Gasteiger partial charge < -0.3 is 15.8 Å². The van der Waals surface area contributed by atoms with Crippen molar-refractivity contribution >= 4 is 28.2 Å². The van der Waals surface area contributed by atoms with E-state index in [1.54, 1.807) is 13.0 Å². The highest BCUT2D eigenvalue weighted by Gasteiger charge is 2.18. The minimum Gasteiger partial charge on any atom is -0.462 e. The summed E-state index contributed by atoms with van der Waals surface area (Å²) in [5.41, 5.74) is 5.98. The van der Waals surface area contributed by atoms with Gasteiger partial charge in [-0.15, -0.1) is 11.3 Å². The Morgan fingerprint density at radius 2 is 2.14 bits per heavy atom. The number of nitrogens with two attached hydrogens (primary N) is 1. The van der Waals surface area contributed by atoms with E-state index < -0.39 is 0 Å². The summed E-state index contributed by atoms with van der Waals surface area (Å²) in [7, 11) is 0. The predicted octanol–water partition coefficient (Wildman–Crippen LogP) is 2.80. The van der Waals surface area contributed by atoms with Gasteiger partial charge in [-0.1, -0.05) is 13.8 Å². The fourth-order valence-corrected chi connectivity index (χ4v) is 2.75. The third kappa shape index (κ3) is 5.47. The van der Waals surface area contributed by atoms with Crippen LogP contribution in [0.1, 0.15) is 48.8 Å². The van der Waals surface area contributed by atoms with Crippen molar-refractivity contribution in [3.05, 3.63) is 16.5 Å². The number of rotatable bonds is 8. The number of ether oxygens (including phenoxy) is 1. The molecule has 3 N–H and O–H groups in total. The first-order chi connectivity index (χ1) is 10.0. The summed E-state index contributed by atoms with van der Waals surface area (Å²) in [5.74, 6) is -0.167. The van der Waals surface area contributed by atoms with Crippen LogP contribution in [0.15, 0.2) is 6.07 Å². The molecule has 0 aromatic carbocycles. The zero-order valence-corrected chi connectivity index (χ0v) is 13.7. The molecule has 21 heavy (non-hydrogen) atoms. The molecule has 0 saturated carbocycles. The molecule has 0 saturated heterocycles. The van der Waals surface area contributed by atoms with Crippen molar-refractivity contribution in [2.45, 2.75) is 40.0 Å². The van der Waals surface area contributed by atoms with E-state index in [-0.39, 0.29) is 11.9 Å². The summed E-state index contributed by atoms with van der Waals surface area (Å²) < 4.78 is 5.02. The van der Waals surface area contributed by atoms with Gasteiger partial charge in [0, 0.05) is 11.3 Å². The van der Waals surface area contributed by atoms with Crippen molar-refractivity contribution < 1.29 is 14.3 Å². The molecule has 118 valence electrons. The van der Waals surface area contributed by atoms with Crippen LogP contribution in [-0.2, 0) is 16.0 Å². The van der Waals surface area contributed by atoms with E-state index in [1.807, 2.05) is 13.8 Å². The first-order valence-electron chi connectivity index (χ1n) is 7.31. The minimum atomic E-state index is -0.390. The second-order valence-electron chi connectivity index (χ2n) is 4.96. The van der Waals surface area contributed by atoms with Gasteiger partial charge in [-0.2, -0.15) is 0 Å². The molecule has 1 aromatic rings. The smallest absolute Gasteiger partial charge is 0.341 e. The molecule has 1 heterocycles. The van der Waals surface area contributed by atoms with Crippen LogP contribution in [0.3, 0.4) is 0 Å². The summed E-state index contributed by atoms with van der Waals surface area (Å²) in [4.78, 5) is 24.9. The lowest BCUT2D eigenvalue weighted by Gasteiger charge is -2.09. The molecule has 0 aliphatic rings. The highest BCUT2D eigenvalue weighted by Crippen LogP contribution is 2.29. The first kappa shape index (κ1) is 17.7. The molecule has 6 heteroatoms. The Morgan fingerprint density at radius 1 is 1.43 bits per heavy atom. The molecular weight excluding hydrogens is 288 g/mol. The van der Waals surface area contributed by atoms with Crippen LogP contribution in [0, 0.1) is 5.92 Å². The molecule has 1 rings (SSSR count). The maximum absolute atomic E-state index is 12.0. The van der Waals surface area contributed by atoms with Crippen LogP contribution in [0.4, 0.5) is 5.00 Å². The predicted molar refractivity (Wildman–Crippen MR) is 85.7 cm³/mol. The SMILES string of the molecule is CCOC(=O)c1cc(CC)sc1NC(=O)CCC(C)CN. The van der Waals surface area contributed by atoms with Gasteiger partial charge in [-0.05, 0) is 38.3 Å². The van der Waals surface area contributed by atoms with Crippen molar-refractivity contribution in [2.75, 3.05) is 18.5 Å². The Bertz CT molecular complexity index is 485. The number of aryl methyl sites for hydroxylation is 1. The highest BCUT2D eigenvalue weighted by atomic mass is 32.1. The van der Waals surface area contributed by atoms with Crippen molar-refractivity contribution in [1.29, 1.82) is 0 Å². The summed E-state index contributed by atoms with van der Waals surface area (Å²) in [6, 6.07) is 1.79. The highest BCUT2D eigenvalue weighted by molar-refractivity contribution is 7.16. The topological polar surface area (TPSA) is 81.4 Å². The number of esters is 1. The zero-order valence-electron chi connectivity index (χ0n) is 12.9. The van der Waals surface area contributed by atoms with E-state index in [0.717, 1.165) is 17.7 Å². The van der Waals surface area contributed by atoms with Gasteiger partial charge in [0.05, 0.1) is 12.2 Å². The molecule has 0 bridgehead atoms. The van der Waals surface area contributed by atoms with Gasteiger partial charge in [-0.25, -0.2) is 4.79 Å². The molecular formula is C15H24N2O3S. The van der Waals surface area contributed by atoms with Gasteiger partial charge in [0.1, 0.15) is 5.00 Å². The standard InChI is InChI=1S/C15H24N2O3S/c1-4-11-8-12(15(19)20-5-2)14(21-11)17-13(18)7-6-10(3)9-16/h8,10H,4-7,9,16H2,1-3H3,(H,17,18). The van der Waals surface area contributed by atoms with Crippen molar-refractivity contribution in [3.63, 3.8) is 0 Å². The molecule has 0 fully saturated rings. The number of hydrogen-bond acceptors (Lipinski definition) is 5. The van der Waals surface area contributed by atoms with Crippen LogP contribution in [-0.4, -0.2) is 25.0 Å². The number of nitrogens with one attached hydrogen (secondary N) is 1. The number of carbonyl (C=O) groups excluding carboxylic acids is 2. The third-order valence-electron chi connectivity index (χ3n) is 3.15. The minimum absolute atomic E-state index is 0.0923. The number of thiophene rings is 1. The number of amides is 1. The van der Waals surface area contributed by atoms with Crippen LogP contribution in [0.5, 0.6) is 0 Å². The fraction of sp³-hybridized carbons (Fsp3) is 0.600.